The van der Waals surface area contributed by atoms with E-state index in [1.807, 2.05) is 24.3 Å². The van der Waals surface area contributed by atoms with Crippen LogP contribution in [-0.2, 0) is 10.8 Å². The number of carboxylic acids is 2. The lowest BCUT2D eigenvalue weighted by molar-refractivity contribution is 0.0681. The van der Waals surface area contributed by atoms with Crippen molar-refractivity contribution in [3.8, 4) is 11.5 Å². The third-order valence-electron chi connectivity index (χ3n) is 6.73. The normalized spacial score (nSPS) is 15.9. The molecule has 0 amide bonds. The molecule has 38 heavy (non-hydrogen) atoms. The van der Waals surface area contributed by atoms with Crippen molar-refractivity contribution >= 4 is 37.2 Å². The van der Waals surface area contributed by atoms with Gasteiger partial charge in [-0.15, -0.1) is 25.3 Å². The van der Waals surface area contributed by atoms with Gasteiger partial charge in [-0.3, -0.25) is 0 Å². The highest BCUT2D eigenvalue weighted by Crippen LogP contribution is 2.40. The van der Waals surface area contributed by atoms with Crippen LogP contribution < -0.4 is 9.47 Å². The highest BCUT2D eigenvalue weighted by Gasteiger charge is 2.29. The second kappa shape index (κ2) is 12.2. The lowest BCUT2D eigenvalue weighted by atomic mass is 9.80. The van der Waals surface area contributed by atoms with Gasteiger partial charge in [-0.25, -0.2) is 9.59 Å². The van der Waals surface area contributed by atoms with E-state index in [4.69, 9.17) is 19.7 Å². The maximum absolute atomic E-state index is 10.3. The molecule has 2 N–H and O–H groups in total. The average Bonchev–Trinajstić information content (AvgIpc) is 2.85. The van der Waals surface area contributed by atoms with E-state index in [-0.39, 0.29) is 22.0 Å². The fraction of sp³-hybridized carbons (Fsp3) is 0.333. The van der Waals surface area contributed by atoms with E-state index >= 15 is 0 Å². The summed E-state index contributed by atoms with van der Waals surface area (Å²) >= 11 is 8.68. The summed E-state index contributed by atoms with van der Waals surface area (Å²) in [6.45, 7) is 10.7. The highest BCUT2D eigenvalue weighted by atomic mass is 32.1. The Bertz CT molecular complexity index is 1200. The van der Waals surface area contributed by atoms with E-state index in [1.54, 1.807) is 0 Å². The van der Waals surface area contributed by atoms with Crippen molar-refractivity contribution in [2.24, 2.45) is 0 Å². The molecule has 6 nitrogen and oxygen atoms in total. The summed E-state index contributed by atoms with van der Waals surface area (Å²) in [6, 6.07) is 17.2. The summed E-state index contributed by atoms with van der Waals surface area (Å²) in [4.78, 5) is 22.7. The van der Waals surface area contributed by atoms with Crippen LogP contribution in [0.5, 0.6) is 11.5 Å². The van der Waals surface area contributed by atoms with Gasteiger partial charge in [-0.1, -0.05) is 27.7 Å². The van der Waals surface area contributed by atoms with Crippen molar-refractivity contribution in [3.63, 3.8) is 0 Å². The van der Waals surface area contributed by atoms with Gasteiger partial charge in [-0.2, -0.15) is 0 Å². The van der Waals surface area contributed by atoms with Crippen molar-refractivity contribution in [2.75, 3.05) is 13.2 Å². The van der Waals surface area contributed by atoms with E-state index < -0.39 is 11.9 Å². The van der Waals surface area contributed by atoms with Gasteiger partial charge in [0.05, 0.1) is 24.3 Å². The van der Waals surface area contributed by atoms with Crippen LogP contribution in [0.25, 0.3) is 0 Å². The first-order chi connectivity index (χ1) is 17.8. The first kappa shape index (κ1) is 29.5. The number of ether oxygens (including phenoxy) is 2. The van der Waals surface area contributed by atoms with Crippen molar-refractivity contribution in [2.45, 2.75) is 61.2 Å². The maximum atomic E-state index is 10.3. The largest absolute Gasteiger partial charge is 0.493 e. The number of carbonyl (C=O) groups is 2. The molecule has 0 aliphatic carbocycles. The molecule has 3 aromatic rings. The number of carboxylic acid groups (broad SMARTS) is 2. The molecule has 2 aliphatic heterocycles. The lowest BCUT2D eigenvalue weighted by Crippen LogP contribution is -2.26. The van der Waals surface area contributed by atoms with E-state index in [0.29, 0.717) is 0 Å². The molecule has 0 aromatic heterocycles. The Balaban J connectivity index is 0.000000158. The third-order valence-corrected chi connectivity index (χ3v) is 7.29. The summed E-state index contributed by atoms with van der Waals surface area (Å²) in [5.74, 6) is -0.0815. The average molecular weight is 555 g/mol. The number of hydrogen-bond acceptors (Lipinski definition) is 6. The Kier molecular flexibility index (Phi) is 9.44. The van der Waals surface area contributed by atoms with Crippen molar-refractivity contribution in [1.29, 1.82) is 0 Å². The van der Waals surface area contributed by atoms with Crippen molar-refractivity contribution in [1.82, 2.24) is 0 Å². The molecule has 0 atom stereocenters. The Morgan fingerprint density at radius 2 is 1.00 bits per heavy atom. The Morgan fingerprint density at radius 1 is 0.658 bits per heavy atom. The first-order valence-corrected chi connectivity index (χ1v) is 13.2. The van der Waals surface area contributed by atoms with Gasteiger partial charge in [0.2, 0.25) is 0 Å². The van der Waals surface area contributed by atoms with Gasteiger partial charge < -0.3 is 19.7 Å². The van der Waals surface area contributed by atoms with E-state index in [0.717, 1.165) is 47.3 Å². The molecule has 0 unspecified atom stereocenters. The summed E-state index contributed by atoms with van der Waals surface area (Å²) in [7, 11) is 0. The quantitative estimate of drug-likeness (QED) is 0.251. The van der Waals surface area contributed by atoms with Crippen molar-refractivity contribution < 1.29 is 29.3 Å². The standard InChI is InChI=1S/2C11H14OS.C8H6O4/c2*1-11(2)5-6-12-10-4-3-8(13)7-9(10)11;9-7(10)5-1-2-6(4-3-5)8(11)12/h2*3-4,7,13H,5-6H2,1-2H3;1-4H,(H,9,10)(H,11,12). The molecule has 0 radical (unpaired) electrons. The van der Waals surface area contributed by atoms with E-state index in [9.17, 15) is 9.59 Å². The van der Waals surface area contributed by atoms with Gasteiger partial charge in [-0.05, 0) is 84.3 Å². The summed E-state index contributed by atoms with van der Waals surface area (Å²) < 4.78 is 11.2. The number of rotatable bonds is 2. The molecular formula is C30H34O6S2. The van der Waals surface area contributed by atoms with Crippen LogP contribution in [0.1, 0.15) is 72.4 Å². The third kappa shape index (κ3) is 7.48. The van der Waals surface area contributed by atoms with Gasteiger partial charge in [0.15, 0.2) is 0 Å². The molecule has 0 fully saturated rings. The van der Waals surface area contributed by atoms with Crippen LogP contribution in [-0.4, -0.2) is 35.4 Å². The van der Waals surface area contributed by atoms with Gasteiger partial charge in [0.1, 0.15) is 11.5 Å². The SMILES string of the molecule is CC1(C)CCOc2ccc(S)cc21.CC1(C)CCOc2ccc(S)cc21.O=C(O)c1ccc(C(=O)O)cc1. The molecule has 3 aromatic carbocycles. The summed E-state index contributed by atoms with van der Waals surface area (Å²) in [5.41, 5.74) is 3.19. The summed E-state index contributed by atoms with van der Waals surface area (Å²) in [5, 5.41) is 16.9. The monoisotopic (exact) mass is 554 g/mol. The van der Waals surface area contributed by atoms with E-state index in [2.05, 4.69) is 65.1 Å². The maximum Gasteiger partial charge on any atom is 0.335 e. The van der Waals surface area contributed by atoms with Crippen LogP contribution in [0, 0.1) is 0 Å². The second-order valence-corrected chi connectivity index (χ2v) is 11.5. The van der Waals surface area contributed by atoms with Gasteiger partial charge in [0.25, 0.3) is 0 Å². The predicted molar refractivity (Wildman–Crippen MR) is 154 cm³/mol. The minimum Gasteiger partial charge on any atom is -0.493 e. The number of aromatic carboxylic acids is 2. The van der Waals surface area contributed by atoms with E-state index in [1.165, 1.54) is 35.4 Å². The minimum atomic E-state index is -1.06. The molecule has 2 heterocycles. The van der Waals surface area contributed by atoms with Crippen LogP contribution in [0.3, 0.4) is 0 Å². The molecule has 0 spiro atoms. The molecule has 202 valence electrons. The minimum absolute atomic E-state index is 0.0833. The first-order valence-electron chi connectivity index (χ1n) is 12.3. The smallest absolute Gasteiger partial charge is 0.335 e. The molecule has 5 rings (SSSR count). The highest BCUT2D eigenvalue weighted by molar-refractivity contribution is 7.80. The molecule has 0 saturated heterocycles. The predicted octanol–water partition coefficient (Wildman–Crippen LogP) is 7.15. The van der Waals surface area contributed by atoms with Crippen LogP contribution in [0.2, 0.25) is 0 Å². The Labute approximate surface area is 234 Å². The Hall–Kier alpha value is -3.10. The summed E-state index contributed by atoms with van der Waals surface area (Å²) in [6.07, 6.45) is 2.16. The topological polar surface area (TPSA) is 93.1 Å². The number of thiol groups is 2. The lowest BCUT2D eigenvalue weighted by Gasteiger charge is -2.32. The number of benzene rings is 3. The number of hydrogen-bond donors (Lipinski definition) is 4. The second-order valence-electron chi connectivity index (χ2n) is 10.5. The fourth-order valence-electron chi connectivity index (χ4n) is 4.20. The Morgan fingerprint density at radius 3 is 1.32 bits per heavy atom. The molecule has 2 aliphatic rings. The molecule has 0 saturated carbocycles. The van der Waals surface area contributed by atoms with Crippen LogP contribution >= 0.6 is 25.3 Å². The zero-order valence-electron chi connectivity index (χ0n) is 22.0. The molecule has 8 heteroatoms. The van der Waals surface area contributed by atoms with Crippen LogP contribution in [0.4, 0.5) is 0 Å². The van der Waals surface area contributed by atoms with Crippen LogP contribution in [0.15, 0.2) is 70.5 Å². The van der Waals surface area contributed by atoms with Crippen molar-refractivity contribution in [3.05, 3.63) is 82.9 Å². The van der Waals surface area contributed by atoms with Gasteiger partial charge in [0, 0.05) is 20.9 Å². The molecular weight excluding hydrogens is 520 g/mol. The van der Waals surface area contributed by atoms with Gasteiger partial charge >= 0.3 is 11.9 Å². The number of fused-ring (bicyclic) bond motifs is 2. The molecule has 0 bridgehead atoms. The fourth-order valence-corrected chi connectivity index (χ4v) is 4.61. The zero-order chi connectivity index (χ0) is 28.1. The zero-order valence-corrected chi connectivity index (χ0v) is 23.8.